The van der Waals surface area contributed by atoms with E-state index in [0.29, 0.717) is 0 Å². The van der Waals surface area contributed by atoms with Gasteiger partial charge in [0.05, 0.1) is 11.9 Å². The van der Waals surface area contributed by atoms with Gasteiger partial charge in [0.15, 0.2) is 0 Å². The van der Waals surface area contributed by atoms with Crippen LogP contribution in [0.3, 0.4) is 0 Å². The van der Waals surface area contributed by atoms with Gasteiger partial charge in [0.1, 0.15) is 5.82 Å². The minimum Gasteiger partial charge on any atom is -0.361 e. The van der Waals surface area contributed by atoms with E-state index in [2.05, 4.69) is 30.7 Å². The van der Waals surface area contributed by atoms with Gasteiger partial charge in [-0.1, -0.05) is 20.8 Å². The first kappa shape index (κ1) is 11.0. The topological polar surface area (TPSA) is 29.0 Å². The van der Waals surface area contributed by atoms with Crippen molar-refractivity contribution in [3.8, 4) is 0 Å². The van der Waals surface area contributed by atoms with Crippen molar-refractivity contribution >= 4 is 5.82 Å². The summed E-state index contributed by atoms with van der Waals surface area (Å²) in [4.78, 5) is 10.8. The maximum Gasteiger partial charge on any atom is 0.146 e. The molecule has 0 saturated carbocycles. The smallest absolute Gasteiger partial charge is 0.146 e. The molecule has 0 saturated heterocycles. The number of rotatable bonds is 3. The molecule has 0 spiro atoms. The first-order chi connectivity index (χ1) is 6.47. The first-order valence-electron chi connectivity index (χ1n) is 4.97. The van der Waals surface area contributed by atoms with Gasteiger partial charge in [0.2, 0.25) is 0 Å². The van der Waals surface area contributed by atoms with Crippen molar-refractivity contribution in [2.45, 2.75) is 32.6 Å². The Morgan fingerprint density at radius 2 is 1.93 bits per heavy atom. The van der Waals surface area contributed by atoms with Crippen molar-refractivity contribution in [3.63, 3.8) is 0 Å². The van der Waals surface area contributed by atoms with Crippen LogP contribution in [-0.2, 0) is 5.41 Å². The van der Waals surface area contributed by atoms with Gasteiger partial charge in [-0.05, 0) is 6.42 Å². The summed E-state index contributed by atoms with van der Waals surface area (Å²) in [6, 6.07) is 0. The van der Waals surface area contributed by atoms with Crippen LogP contribution in [0.1, 0.15) is 32.9 Å². The zero-order valence-corrected chi connectivity index (χ0v) is 9.70. The fraction of sp³-hybridized carbons (Fsp3) is 0.636. The molecule has 1 rings (SSSR count). The Morgan fingerprint density at radius 1 is 1.29 bits per heavy atom. The predicted molar refractivity (Wildman–Crippen MR) is 59.7 cm³/mol. The molecule has 0 aliphatic rings. The molecule has 1 aromatic rings. The molecule has 1 heterocycles. The van der Waals surface area contributed by atoms with Crippen LogP contribution in [0.15, 0.2) is 12.4 Å². The highest BCUT2D eigenvalue weighted by Crippen LogP contribution is 2.25. The summed E-state index contributed by atoms with van der Waals surface area (Å²) in [7, 11) is 3.96. The molecule has 0 aliphatic heterocycles. The summed E-state index contributed by atoms with van der Waals surface area (Å²) in [6.07, 6.45) is 4.71. The second-order valence-electron chi connectivity index (χ2n) is 4.39. The van der Waals surface area contributed by atoms with Crippen molar-refractivity contribution in [2.75, 3.05) is 19.0 Å². The molecule has 0 N–H and O–H groups in total. The highest BCUT2D eigenvalue weighted by atomic mass is 15.1. The molecular formula is C11H19N3. The Labute approximate surface area is 86.2 Å². The van der Waals surface area contributed by atoms with Gasteiger partial charge in [0, 0.05) is 25.7 Å². The second kappa shape index (κ2) is 3.95. The lowest BCUT2D eigenvalue weighted by atomic mass is 9.87. The van der Waals surface area contributed by atoms with Gasteiger partial charge in [0.25, 0.3) is 0 Å². The molecule has 3 nitrogen and oxygen atoms in total. The van der Waals surface area contributed by atoms with Crippen LogP contribution in [-0.4, -0.2) is 24.1 Å². The molecule has 0 bridgehead atoms. The molecule has 14 heavy (non-hydrogen) atoms. The number of anilines is 1. The van der Waals surface area contributed by atoms with E-state index in [1.54, 1.807) is 6.20 Å². The van der Waals surface area contributed by atoms with Gasteiger partial charge in [-0.15, -0.1) is 0 Å². The van der Waals surface area contributed by atoms with Gasteiger partial charge in [-0.25, -0.2) is 4.98 Å². The Bertz CT molecular complexity index is 305. The molecule has 0 unspecified atom stereocenters. The fourth-order valence-corrected chi connectivity index (χ4v) is 1.08. The van der Waals surface area contributed by atoms with Crippen molar-refractivity contribution in [3.05, 3.63) is 18.1 Å². The summed E-state index contributed by atoms with van der Waals surface area (Å²) in [6.45, 7) is 6.55. The first-order valence-corrected chi connectivity index (χ1v) is 4.97. The SMILES string of the molecule is CCC(C)(C)c1cncc(N(C)C)n1. The number of hydrogen-bond donors (Lipinski definition) is 0. The van der Waals surface area contributed by atoms with E-state index in [1.807, 2.05) is 25.2 Å². The Kier molecular flexibility index (Phi) is 3.09. The fourth-order valence-electron chi connectivity index (χ4n) is 1.08. The maximum atomic E-state index is 4.58. The molecule has 0 aliphatic carbocycles. The van der Waals surface area contributed by atoms with E-state index >= 15 is 0 Å². The summed E-state index contributed by atoms with van der Waals surface area (Å²) in [5.74, 6) is 0.920. The van der Waals surface area contributed by atoms with Crippen LogP contribution >= 0.6 is 0 Å². The van der Waals surface area contributed by atoms with Gasteiger partial charge in [-0.3, -0.25) is 4.98 Å². The summed E-state index contributed by atoms with van der Waals surface area (Å²) < 4.78 is 0. The van der Waals surface area contributed by atoms with E-state index < -0.39 is 0 Å². The third-order valence-corrected chi connectivity index (χ3v) is 2.66. The normalized spacial score (nSPS) is 11.5. The van der Waals surface area contributed by atoms with Crippen LogP contribution in [0, 0.1) is 0 Å². The van der Waals surface area contributed by atoms with Crippen molar-refractivity contribution < 1.29 is 0 Å². The van der Waals surface area contributed by atoms with Crippen LogP contribution in [0.2, 0.25) is 0 Å². The molecular weight excluding hydrogens is 174 g/mol. The van der Waals surface area contributed by atoms with E-state index in [0.717, 1.165) is 17.9 Å². The molecule has 0 radical (unpaired) electrons. The van der Waals surface area contributed by atoms with Crippen LogP contribution in [0.4, 0.5) is 5.82 Å². The largest absolute Gasteiger partial charge is 0.361 e. The average Bonchev–Trinajstić information content (AvgIpc) is 2.18. The monoisotopic (exact) mass is 193 g/mol. The second-order valence-corrected chi connectivity index (χ2v) is 4.39. The van der Waals surface area contributed by atoms with Gasteiger partial charge < -0.3 is 4.90 Å². The lowest BCUT2D eigenvalue weighted by Crippen LogP contribution is -2.20. The average molecular weight is 193 g/mol. The standard InChI is InChI=1S/C11H19N3/c1-6-11(2,3)9-7-12-8-10(13-9)14(4)5/h7-8H,6H2,1-5H3. The molecule has 0 amide bonds. The highest BCUT2D eigenvalue weighted by Gasteiger charge is 2.20. The third kappa shape index (κ3) is 2.22. The molecule has 0 fully saturated rings. The number of nitrogens with zero attached hydrogens (tertiary/aromatic N) is 3. The summed E-state index contributed by atoms with van der Waals surface area (Å²) in [5.41, 5.74) is 1.17. The van der Waals surface area contributed by atoms with E-state index in [4.69, 9.17) is 0 Å². The quantitative estimate of drug-likeness (QED) is 0.737. The molecule has 0 atom stereocenters. The van der Waals surface area contributed by atoms with E-state index in [1.165, 1.54) is 0 Å². The zero-order chi connectivity index (χ0) is 10.8. The highest BCUT2D eigenvalue weighted by molar-refractivity contribution is 5.34. The minimum atomic E-state index is 0.110. The molecule has 0 aromatic carbocycles. The van der Waals surface area contributed by atoms with Crippen LogP contribution in [0.25, 0.3) is 0 Å². The van der Waals surface area contributed by atoms with Crippen LogP contribution in [0.5, 0.6) is 0 Å². The van der Waals surface area contributed by atoms with Gasteiger partial charge in [-0.2, -0.15) is 0 Å². The lowest BCUT2D eigenvalue weighted by molar-refractivity contribution is 0.488. The molecule has 1 aromatic heterocycles. The minimum absolute atomic E-state index is 0.110. The Hall–Kier alpha value is -1.12. The zero-order valence-electron chi connectivity index (χ0n) is 9.70. The molecule has 78 valence electrons. The number of hydrogen-bond acceptors (Lipinski definition) is 3. The predicted octanol–water partition coefficient (Wildman–Crippen LogP) is 2.23. The van der Waals surface area contributed by atoms with Crippen molar-refractivity contribution in [2.24, 2.45) is 0 Å². The Balaban J connectivity index is 3.05. The summed E-state index contributed by atoms with van der Waals surface area (Å²) >= 11 is 0. The van der Waals surface area contributed by atoms with Crippen molar-refractivity contribution in [1.29, 1.82) is 0 Å². The maximum absolute atomic E-state index is 4.58. The van der Waals surface area contributed by atoms with Crippen molar-refractivity contribution in [1.82, 2.24) is 9.97 Å². The van der Waals surface area contributed by atoms with E-state index in [-0.39, 0.29) is 5.41 Å². The van der Waals surface area contributed by atoms with E-state index in [9.17, 15) is 0 Å². The molecule has 3 heteroatoms. The van der Waals surface area contributed by atoms with Gasteiger partial charge >= 0.3 is 0 Å². The number of aromatic nitrogens is 2. The Morgan fingerprint density at radius 3 is 2.43 bits per heavy atom. The summed E-state index contributed by atoms with van der Waals surface area (Å²) in [5, 5.41) is 0. The lowest BCUT2D eigenvalue weighted by Gasteiger charge is -2.23. The third-order valence-electron chi connectivity index (χ3n) is 2.66. The van der Waals surface area contributed by atoms with Crippen LogP contribution < -0.4 is 4.90 Å².